The van der Waals surface area contributed by atoms with Crippen molar-refractivity contribution >= 4 is 0 Å². The Morgan fingerprint density at radius 1 is 1.11 bits per heavy atom. The number of hydrogen-bond donors (Lipinski definition) is 0. The second-order valence-electron chi connectivity index (χ2n) is 4.95. The van der Waals surface area contributed by atoms with Crippen LogP contribution in [0.25, 0.3) is 0 Å². The van der Waals surface area contributed by atoms with Crippen molar-refractivity contribution in [2.45, 2.75) is 18.4 Å². The molecule has 1 aliphatic heterocycles. The summed E-state index contributed by atoms with van der Waals surface area (Å²) in [6.45, 7) is 0. The van der Waals surface area contributed by atoms with Crippen LogP contribution < -0.4 is 9.47 Å². The van der Waals surface area contributed by atoms with E-state index in [-0.39, 0.29) is 6.10 Å². The van der Waals surface area contributed by atoms with E-state index < -0.39 is 0 Å². The Kier molecular flexibility index (Phi) is 1.95. The molecular weight excluding hydrogens is 224 g/mol. The van der Waals surface area contributed by atoms with Gasteiger partial charge < -0.3 is 9.47 Å². The summed E-state index contributed by atoms with van der Waals surface area (Å²) in [6.07, 6.45) is 1.27. The Labute approximate surface area is 106 Å². The second kappa shape index (κ2) is 3.52. The summed E-state index contributed by atoms with van der Waals surface area (Å²) < 4.78 is 11.4. The molecule has 0 saturated carbocycles. The SMILES string of the molecule is COc1ccc2c(c1)[C@@H]1Cc3ccccc3[C@@H]1O2. The van der Waals surface area contributed by atoms with Gasteiger partial charge >= 0.3 is 0 Å². The van der Waals surface area contributed by atoms with E-state index in [1.54, 1.807) is 7.11 Å². The maximum absolute atomic E-state index is 6.10. The van der Waals surface area contributed by atoms with Crippen molar-refractivity contribution in [3.63, 3.8) is 0 Å². The quantitative estimate of drug-likeness (QED) is 0.757. The largest absolute Gasteiger partial charge is 0.497 e. The maximum atomic E-state index is 6.10. The first kappa shape index (κ1) is 10.0. The Balaban J connectivity index is 1.81. The van der Waals surface area contributed by atoms with Crippen LogP contribution in [-0.4, -0.2) is 7.11 Å². The number of fused-ring (bicyclic) bond motifs is 5. The van der Waals surface area contributed by atoms with Gasteiger partial charge in [0.15, 0.2) is 0 Å². The van der Waals surface area contributed by atoms with Crippen LogP contribution in [0.3, 0.4) is 0 Å². The van der Waals surface area contributed by atoms with E-state index in [0.717, 1.165) is 17.9 Å². The van der Waals surface area contributed by atoms with Crippen molar-refractivity contribution in [3.8, 4) is 11.5 Å². The summed E-state index contributed by atoms with van der Waals surface area (Å²) >= 11 is 0. The first-order valence-corrected chi connectivity index (χ1v) is 6.29. The normalized spacial score (nSPS) is 22.9. The third-order valence-corrected chi connectivity index (χ3v) is 4.04. The smallest absolute Gasteiger partial charge is 0.131 e. The number of hydrogen-bond acceptors (Lipinski definition) is 2. The van der Waals surface area contributed by atoms with Crippen molar-refractivity contribution in [1.82, 2.24) is 0 Å². The predicted octanol–water partition coefficient (Wildman–Crippen LogP) is 3.47. The molecule has 2 heteroatoms. The van der Waals surface area contributed by atoms with Gasteiger partial charge in [0, 0.05) is 11.5 Å². The van der Waals surface area contributed by atoms with Crippen molar-refractivity contribution < 1.29 is 9.47 Å². The lowest BCUT2D eigenvalue weighted by Gasteiger charge is -2.10. The molecule has 2 nitrogen and oxygen atoms in total. The highest BCUT2D eigenvalue weighted by Gasteiger charge is 2.41. The number of ether oxygens (including phenoxy) is 2. The minimum absolute atomic E-state index is 0.198. The van der Waals surface area contributed by atoms with Crippen molar-refractivity contribution in [1.29, 1.82) is 0 Å². The van der Waals surface area contributed by atoms with Gasteiger partial charge in [-0.1, -0.05) is 24.3 Å². The van der Waals surface area contributed by atoms with Gasteiger partial charge in [0.1, 0.15) is 17.6 Å². The van der Waals surface area contributed by atoms with Crippen LogP contribution in [0.15, 0.2) is 42.5 Å². The molecule has 0 spiro atoms. The summed E-state index contributed by atoms with van der Waals surface area (Å²) in [5.41, 5.74) is 4.05. The molecule has 2 atom stereocenters. The fourth-order valence-corrected chi connectivity index (χ4v) is 3.16. The van der Waals surface area contributed by atoms with Gasteiger partial charge in [-0.15, -0.1) is 0 Å². The van der Waals surface area contributed by atoms with Crippen LogP contribution in [0.4, 0.5) is 0 Å². The van der Waals surface area contributed by atoms with E-state index >= 15 is 0 Å². The molecule has 0 fully saturated rings. The fraction of sp³-hybridized carbons (Fsp3) is 0.250. The van der Waals surface area contributed by atoms with Crippen molar-refractivity contribution in [2.24, 2.45) is 0 Å². The third-order valence-electron chi connectivity index (χ3n) is 4.04. The molecule has 0 bridgehead atoms. The zero-order valence-electron chi connectivity index (χ0n) is 10.2. The molecular formula is C16H14O2. The van der Waals surface area contributed by atoms with Gasteiger partial charge in [0.05, 0.1) is 7.11 Å². The second-order valence-corrected chi connectivity index (χ2v) is 4.95. The molecule has 2 aliphatic rings. The molecule has 0 unspecified atom stereocenters. The van der Waals surface area contributed by atoms with Crippen LogP contribution in [0.5, 0.6) is 11.5 Å². The average Bonchev–Trinajstić information content (AvgIpc) is 2.94. The van der Waals surface area contributed by atoms with Crippen molar-refractivity contribution in [2.75, 3.05) is 7.11 Å². The average molecular weight is 238 g/mol. The lowest BCUT2D eigenvalue weighted by Crippen LogP contribution is -2.03. The van der Waals surface area contributed by atoms with Gasteiger partial charge in [-0.25, -0.2) is 0 Å². The minimum atomic E-state index is 0.198. The molecule has 4 rings (SSSR count). The first-order valence-electron chi connectivity index (χ1n) is 6.29. The maximum Gasteiger partial charge on any atom is 0.131 e. The molecule has 0 amide bonds. The predicted molar refractivity (Wildman–Crippen MR) is 69.3 cm³/mol. The van der Waals surface area contributed by atoms with Crippen LogP contribution in [0.1, 0.15) is 28.7 Å². The van der Waals surface area contributed by atoms with E-state index in [1.807, 2.05) is 12.1 Å². The molecule has 90 valence electrons. The summed E-state index contributed by atoms with van der Waals surface area (Å²) in [7, 11) is 1.71. The first-order chi connectivity index (χ1) is 8.86. The topological polar surface area (TPSA) is 18.5 Å². The summed E-state index contributed by atoms with van der Waals surface area (Å²) in [5.74, 6) is 2.38. The molecule has 0 aromatic heterocycles. The van der Waals surface area contributed by atoms with Gasteiger partial charge in [-0.2, -0.15) is 0 Å². The highest BCUT2D eigenvalue weighted by molar-refractivity contribution is 5.52. The Hall–Kier alpha value is -1.96. The number of benzene rings is 2. The number of methoxy groups -OCH3 is 1. The summed E-state index contributed by atoms with van der Waals surface area (Å²) in [5, 5.41) is 0. The molecule has 0 saturated heterocycles. The lowest BCUT2D eigenvalue weighted by atomic mass is 9.96. The summed E-state index contributed by atoms with van der Waals surface area (Å²) in [4.78, 5) is 0. The Morgan fingerprint density at radius 3 is 2.89 bits per heavy atom. The lowest BCUT2D eigenvalue weighted by molar-refractivity contribution is 0.222. The highest BCUT2D eigenvalue weighted by Crippen LogP contribution is 2.53. The monoisotopic (exact) mass is 238 g/mol. The Morgan fingerprint density at radius 2 is 2.00 bits per heavy atom. The molecule has 2 aromatic rings. The zero-order chi connectivity index (χ0) is 12.1. The van der Waals surface area contributed by atoms with E-state index in [0.29, 0.717) is 5.92 Å². The minimum Gasteiger partial charge on any atom is -0.497 e. The van der Waals surface area contributed by atoms with Crippen LogP contribution in [0.2, 0.25) is 0 Å². The highest BCUT2D eigenvalue weighted by atomic mass is 16.5. The standard InChI is InChI=1S/C16H14O2/c1-17-11-6-7-15-13(9-11)14-8-10-4-2-3-5-12(10)16(14)18-15/h2-7,9,14,16H,8H2,1H3/t14-,16-/m0/s1. The van der Waals surface area contributed by atoms with Crippen LogP contribution >= 0.6 is 0 Å². The molecule has 1 aliphatic carbocycles. The fourth-order valence-electron chi connectivity index (χ4n) is 3.16. The van der Waals surface area contributed by atoms with E-state index in [9.17, 15) is 0 Å². The Bertz CT molecular complexity index is 618. The molecule has 18 heavy (non-hydrogen) atoms. The van der Waals surface area contributed by atoms with Crippen LogP contribution in [-0.2, 0) is 6.42 Å². The van der Waals surface area contributed by atoms with Gasteiger partial charge in [-0.3, -0.25) is 0 Å². The molecule has 1 heterocycles. The van der Waals surface area contributed by atoms with Gasteiger partial charge in [-0.05, 0) is 35.7 Å². The van der Waals surface area contributed by atoms with E-state index in [2.05, 4.69) is 30.3 Å². The van der Waals surface area contributed by atoms with Gasteiger partial charge in [0.25, 0.3) is 0 Å². The molecule has 0 N–H and O–H groups in total. The van der Waals surface area contributed by atoms with Crippen LogP contribution in [0, 0.1) is 0 Å². The van der Waals surface area contributed by atoms with E-state index in [4.69, 9.17) is 9.47 Å². The summed E-state index contributed by atoms with van der Waals surface area (Å²) in [6, 6.07) is 14.7. The third kappa shape index (κ3) is 1.23. The zero-order valence-corrected chi connectivity index (χ0v) is 10.2. The van der Waals surface area contributed by atoms with E-state index in [1.165, 1.54) is 16.7 Å². The molecule has 2 aromatic carbocycles. The number of rotatable bonds is 1. The van der Waals surface area contributed by atoms with Gasteiger partial charge in [0.2, 0.25) is 0 Å². The van der Waals surface area contributed by atoms with Crippen molar-refractivity contribution in [3.05, 3.63) is 59.2 Å². The molecule has 0 radical (unpaired) electrons.